The summed E-state index contributed by atoms with van der Waals surface area (Å²) in [7, 11) is 0. The third-order valence-electron chi connectivity index (χ3n) is 1.52. The molecular formula is C9H5ClNO. The SMILES string of the molecule is Clc1ccc(-c2cn[c]o2)cc1. The average Bonchev–Trinajstić information content (AvgIpc) is 2.58. The van der Waals surface area contributed by atoms with Crippen LogP contribution in [0.25, 0.3) is 11.3 Å². The number of hydrogen-bond donors (Lipinski definition) is 0. The first kappa shape index (κ1) is 7.37. The maximum atomic E-state index is 5.72. The van der Waals surface area contributed by atoms with Crippen molar-refractivity contribution in [3.63, 3.8) is 0 Å². The van der Waals surface area contributed by atoms with Crippen molar-refractivity contribution in [3.05, 3.63) is 41.9 Å². The minimum absolute atomic E-state index is 0.701. The van der Waals surface area contributed by atoms with Crippen LogP contribution in [0, 0.1) is 6.39 Å². The molecular weight excluding hydrogens is 174 g/mol. The lowest BCUT2D eigenvalue weighted by molar-refractivity contribution is 0.561. The van der Waals surface area contributed by atoms with Crippen LogP contribution in [-0.4, -0.2) is 4.98 Å². The highest BCUT2D eigenvalue weighted by molar-refractivity contribution is 6.30. The summed E-state index contributed by atoms with van der Waals surface area (Å²) in [6, 6.07) is 7.35. The number of oxazole rings is 1. The van der Waals surface area contributed by atoms with Crippen LogP contribution in [0.5, 0.6) is 0 Å². The van der Waals surface area contributed by atoms with E-state index in [1.807, 2.05) is 12.1 Å². The Morgan fingerprint density at radius 2 is 2.00 bits per heavy atom. The molecule has 0 bridgehead atoms. The van der Waals surface area contributed by atoms with Gasteiger partial charge in [0, 0.05) is 10.6 Å². The van der Waals surface area contributed by atoms with E-state index in [2.05, 4.69) is 11.4 Å². The highest BCUT2D eigenvalue weighted by atomic mass is 35.5. The van der Waals surface area contributed by atoms with E-state index in [-0.39, 0.29) is 0 Å². The van der Waals surface area contributed by atoms with Gasteiger partial charge in [0.2, 0.25) is 0 Å². The number of benzene rings is 1. The van der Waals surface area contributed by atoms with Crippen LogP contribution >= 0.6 is 11.6 Å². The third kappa shape index (κ3) is 1.34. The predicted molar refractivity (Wildman–Crippen MR) is 45.8 cm³/mol. The van der Waals surface area contributed by atoms with Gasteiger partial charge < -0.3 is 4.42 Å². The molecule has 0 N–H and O–H groups in total. The lowest BCUT2D eigenvalue weighted by atomic mass is 10.2. The number of rotatable bonds is 1. The maximum Gasteiger partial charge on any atom is 0.284 e. The summed E-state index contributed by atoms with van der Waals surface area (Å²) in [5.41, 5.74) is 0.952. The zero-order valence-electron chi connectivity index (χ0n) is 6.12. The van der Waals surface area contributed by atoms with Gasteiger partial charge in [0.25, 0.3) is 6.39 Å². The van der Waals surface area contributed by atoms with Gasteiger partial charge in [-0.2, -0.15) is 0 Å². The first-order chi connectivity index (χ1) is 5.86. The Bertz CT molecular complexity index is 353. The molecule has 0 aliphatic rings. The quantitative estimate of drug-likeness (QED) is 0.671. The normalized spacial score (nSPS) is 10.1. The van der Waals surface area contributed by atoms with Crippen molar-refractivity contribution in [1.29, 1.82) is 0 Å². The van der Waals surface area contributed by atoms with Crippen molar-refractivity contribution in [1.82, 2.24) is 4.98 Å². The van der Waals surface area contributed by atoms with E-state index in [1.165, 1.54) is 0 Å². The topological polar surface area (TPSA) is 26.0 Å². The molecule has 1 aromatic carbocycles. The van der Waals surface area contributed by atoms with Crippen molar-refractivity contribution in [3.8, 4) is 11.3 Å². The van der Waals surface area contributed by atoms with Gasteiger partial charge in [-0.1, -0.05) is 11.6 Å². The lowest BCUT2D eigenvalue weighted by Crippen LogP contribution is -1.71. The van der Waals surface area contributed by atoms with Crippen LogP contribution in [0.2, 0.25) is 5.02 Å². The van der Waals surface area contributed by atoms with E-state index in [4.69, 9.17) is 16.0 Å². The Hall–Kier alpha value is -1.28. The molecule has 0 spiro atoms. The molecule has 59 valence electrons. The summed E-state index contributed by atoms with van der Waals surface area (Å²) in [4.78, 5) is 3.70. The summed E-state index contributed by atoms with van der Waals surface area (Å²) < 4.78 is 4.98. The fourth-order valence-electron chi connectivity index (χ4n) is 0.934. The van der Waals surface area contributed by atoms with Crippen molar-refractivity contribution < 1.29 is 4.42 Å². The number of hydrogen-bond acceptors (Lipinski definition) is 2. The van der Waals surface area contributed by atoms with E-state index in [9.17, 15) is 0 Å². The molecule has 0 saturated heterocycles. The van der Waals surface area contributed by atoms with Crippen molar-refractivity contribution in [2.45, 2.75) is 0 Å². The molecule has 0 saturated carbocycles. The molecule has 12 heavy (non-hydrogen) atoms. The summed E-state index contributed by atoms with van der Waals surface area (Å²) in [6.07, 6.45) is 4.00. The zero-order chi connectivity index (χ0) is 8.39. The van der Waals surface area contributed by atoms with Crippen LogP contribution < -0.4 is 0 Å². The van der Waals surface area contributed by atoms with Gasteiger partial charge in [-0.15, -0.1) is 0 Å². The Morgan fingerprint density at radius 3 is 2.58 bits per heavy atom. The molecule has 2 rings (SSSR count). The van der Waals surface area contributed by atoms with Crippen molar-refractivity contribution in [2.75, 3.05) is 0 Å². The fourth-order valence-corrected chi connectivity index (χ4v) is 1.06. The molecule has 0 aliphatic heterocycles. The second kappa shape index (κ2) is 2.99. The smallest absolute Gasteiger partial charge is 0.284 e. The largest absolute Gasteiger partial charge is 0.432 e. The monoisotopic (exact) mass is 178 g/mol. The first-order valence-corrected chi connectivity index (χ1v) is 3.82. The molecule has 2 nitrogen and oxygen atoms in total. The Kier molecular flexibility index (Phi) is 1.84. The molecule has 1 heterocycles. The number of halogens is 1. The second-order valence-corrected chi connectivity index (χ2v) is 2.76. The number of nitrogens with zero attached hydrogens (tertiary/aromatic N) is 1. The van der Waals surface area contributed by atoms with Crippen LogP contribution in [0.3, 0.4) is 0 Å². The van der Waals surface area contributed by atoms with E-state index in [1.54, 1.807) is 18.3 Å². The number of aromatic nitrogens is 1. The van der Waals surface area contributed by atoms with Crippen molar-refractivity contribution in [2.24, 2.45) is 0 Å². The average molecular weight is 179 g/mol. The van der Waals surface area contributed by atoms with Crippen LogP contribution in [0.4, 0.5) is 0 Å². The lowest BCUT2D eigenvalue weighted by Gasteiger charge is -1.94. The second-order valence-electron chi connectivity index (χ2n) is 2.32. The van der Waals surface area contributed by atoms with Gasteiger partial charge in [-0.3, -0.25) is 0 Å². The van der Waals surface area contributed by atoms with Gasteiger partial charge in [0.05, 0.1) is 6.20 Å². The summed E-state index contributed by atoms with van der Waals surface area (Å²) in [5.74, 6) is 0.701. The van der Waals surface area contributed by atoms with Crippen molar-refractivity contribution >= 4 is 11.6 Å². The standard InChI is InChI=1S/C9H5ClNO/c10-8-3-1-7(2-4-8)9-5-11-6-12-9/h1-5H. The van der Waals surface area contributed by atoms with E-state index in [0.717, 1.165) is 5.56 Å². The Morgan fingerprint density at radius 1 is 1.25 bits per heavy atom. The van der Waals surface area contributed by atoms with Gasteiger partial charge in [0.1, 0.15) is 0 Å². The molecule has 3 heteroatoms. The predicted octanol–water partition coefficient (Wildman–Crippen LogP) is 2.80. The Balaban J connectivity index is 2.43. The maximum absolute atomic E-state index is 5.72. The highest BCUT2D eigenvalue weighted by Crippen LogP contribution is 2.20. The molecule has 1 aromatic heterocycles. The zero-order valence-corrected chi connectivity index (χ0v) is 6.88. The molecule has 0 atom stereocenters. The summed E-state index contributed by atoms with van der Waals surface area (Å²) >= 11 is 5.72. The van der Waals surface area contributed by atoms with Gasteiger partial charge in [-0.05, 0) is 24.3 Å². The summed E-state index contributed by atoms with van der Waals surface area (Å²) in [5, 5.41) is 0.710. The molecule has 0 fully saturated rings. The first-order valence-electron chi connectivity index (χ1n) is 3.44. The Labute approximate surface area is 74.8 Å². The van der Waals surface area contributed by atoms with Gasteiger partial charge in [0.15, 0.2) is 5.76 Å². The van der Waals surface area contributed by atoms with Crippen LogP contribution in [-0.2, 0) is 0 Å². The van der Waals surface area contributed by atoms with E-state index < -0.39 is 0 Å². The van der Waals surface area contributed by atoms with Crippen LogP contribution in [0.1, 0.15) is 0 Å². The molecule has 1 radical (unpaired) electrons. The van der Waals surface area contributed by atoms with Crippen LogP contribution in [0.15, 0.2) is 34.9 Å². The van der Waals surface area contributed by atoms with E-state index >= 15 is 0 Å². The molecule has 0 unspecified atom stereocenters. The summed E-state index contributed by atoms with van der Waals surface area (Å²) in [6.45, 7) is 0. The minimum atomic E-state index is 0.701. The molecule has 2 aromatic rings. The third-order valence-corrected chi connectivity index (χ3v) is 1.77. The van der Waals surface area contributed by atoms with Gasteiger partial charge in [-0.25, -0.2) is 4.98 Å². The fraction of sp³-hybridized carbons (Fsp3) is 0. The highest BCUT2D eigenvalue weighted by Gasteiger charge is 1.99. The molecule has 0 amide bonds. The van der Waals surface area contributed by atoms with Gasteiger partial charge >= 0.3 is 0 Å². The minimum Gasteiger partial charge on any atom is -0.432 e. The molecule has 0 aliphatic carbocycles. The van der Waals surface area contributed by atoms with E-state index in [0.29, 0.717) is 10.8 Å².